The maximum absolute atomic E-state index is 12.9. The third kappa shape index (κ3) is 2.51. The summed E-state index contributed by atoms with van der Waals surface area (Å²) in [5, 5.41) is 16.8. The molecule has 0 aliphatic rings. The largest absolute Gasteiger partial charge is 0.390 e. The molecule has 0 aliphatic carbocycles. The second-order valence-corrected chi connectivity index (χ2v) is 3.30. The number of hydrogen-bond acceptors (Lipinski definition) is 2. The summed E-state index contributed by atoms with van der Waals surface area (Å²) in [6.07, 6.45) is 0. The molecule has 0 aliphatic heterocycles. The lowest BCUT2D eigenvalue weighted by Gasteiger charge is -2.16. The van der Waals surface area contributed by atoms with Crippen LogP contribution in [-0.4, -0.2) is 23.4 Å². The summed E-state index contributed by atoms with van der Waals surface area (Å²) in [5.74, 6) is -6.90. The maximum Gasteiger partial charge on any atom is 0.295 e. The Bertz CT molecular complexity index is 313. The standard InChI is InChI=1S/C10H10F4O2/c11-9(12,5-15)7-1-2-8(4-3-7)10(13,14)6-16/h1-4,15-16H,5-6H2. The first-order valence-electron chi connectivity index (χ1n) is 4.42. The van der Waals surface area contributed by atoms with Crippen LogP contribution in [0, 0.1) is 0 Å². The molecule has 0 amide bonds. The Morgan fingerprint density at radius 3 is 1.19 bits per heavy atom. The molecule has 0 fully saturated rings. The van der Waals surface area contributed by atoms with Gasteiger partial charge in [0, 0.05) is 11.1 Å². The molecule has 0 heterocycles. The summed E-state index contributed by atoms with van der Waals surface area (Å²) < 4.78 is 51.6. The van der Waals surface area contributed by atoms with E-state index in [2.05, 4.69) is 0 Å². The quantitative estimate of drug-likeness (QED) is 0.786. The van der Waals surface area contributed by atoms with Gasteiger partial charge in [0.25, 0.3) is 11.8 Å². The predicted octanol–water partition coefficient (Wildman–Crippen LogP) is 1.85. The van der Waals surface area contributed by atoms with Crippen molar-refractivity contribution in [1.82, 2.24) is 0 Å². The maximum atomic E-state index is 12.9. The van der Waals surface area contributed by atoms with E-state index >= 15 is 0 Å². The van der Waals surface area contributed by atoms with Crippen molar-refractivity contribution in [3.8, 4) is 0 Å². The minimum atomic E-state index is -3.45. The van der Waals surface area contributed by atoms with Gasteiger partial charge in [0.15, 0.2) is 0 Å². The molecule has 0 aromatic heterocycles. The number of hydrogen-bond donors (Lipinski definition) is 2. The van der Waals surface area contributed by atoms with Crippen molar-refractivity contribution in [2.75, 3.05) is 13.2 Å². The van der Waals surface area contributed by atoms with Gasteiger partial charge in [0.1, 0.15) is 13.2 Å². The molecular formula is C10H10F4O2. The molecule has 90 valence electrons. The Morgan fingerprint density at radius 1 is 0.750 bits per heavy atom. The van der Waals surface area contributed by atoms with E-state index in [1.807, 2.05) is 0 Å². The number of benzene rings is 1. The van der Waals surface area contributed by atoms with Crippen LogP contribution in [0.25, 0.3) is 0 Å². The van der Waals surface area contributed by atoms with Gasteiger partial charge in [-0.15, -0.1) is 0 Å². The number of alkyl halides is 4. The van der Waals surface area contributed by atoms with Crippen molar-refractivity contribution in [1.29, 1.82) is 0 Å². The third-order valence-electron chi connectivity index (χ3n) is 2.13. The van der Waals surface area contributed by atoms with Gasteiger partial charge in [-0.3, -0.25) is 0 Å². The highest BCUT2D eigenvalue weighted by Crippen LogP contribution is 2.31. The van der Waals surface area contributed by atoms with Crippen molar-refractivity contribution >= 4 is 0 Å². The van der Waals surface area contributed by atoms with Crippen LogP contribution >= 0.6 is 0 Å². The van der Waals surface area contributed by atoms with E-state index in [0.717, 1.165) is 24.3 Å². The van der Waals surface area contributed by atoms with Crippen LogP contribution in [0.1, 0.15) is 11.1 Å². The summed E-state index contributed by atoms with van der Waals surface area (Å²) in [4.78, 5) is 0. The fourth-order valence-electron chi connectivity index (χ4n) is 1.14. The molecule has 1 rings (SSSR count). The lowest BCUT2D eigenvalue weighted by Crippen LogP contribution is -2.21. The molecule has 0 saturated heterocycles. The molecule has 2 nitrogen and oxygen atoms in total. The van der Waals surface area contributed by atoms with Crippen molar-refractivity contribution in [2.24, 2.45) is 0 Å². The monoisotopic (exact) mass is 238 g/mol. The van der Waals surface area contributed by atoms with Crippen molar-refractivity contribution in [3.05, 3.63) is 35.4 Å². The molecule has 16 heavy (non-hydrogen) atoms. The van der Waals surface area contributed by atoms with E-state index in [1.165, 1.54) is 0 Å². The average Bonchev–Trinajstić information content (AvgIpc) is 2.29. The van der Waals surface area contributed by atoms with Gasteiger partial charge < -0.3 is 10.2 Å². The SMILES string of the molecule is OCC(F)(F)c1ccc(C(F)(F)CO)cc1. The Labute approximate surface area is 89.1 Å². The zero-order valence-corrected chi connectivity index (χ0v) is 8.13. The molecule has 0 saturated carbocycles. The molecule has 1 aromatic rings. The van der Waals surface area contributed by atoms with Gasteiger partial charge in [0.2, 0.25) is 0 Å². The number of aliphatic hydroxyl groups excluding tert-OH is 2. The fraction of sp³-hybridized carbons (Fsp3) is 0.400. The molecule has 6 heteroatoms. The minimum Gasteiger partial charge on any atom is -0.390 e. The topological polar surface area (TPSA) is 40.5 Å². The third-order valence-corrected chi connectivity index (χ3v) is 2.13. The summed E-state index contributed by atoms with van der Waals surface area (Å²) >= 11 is 0. The molecule has 0 bridgehead atoms. The molecule has 1 aromatic carbocycles. The van der Waals surface area contributed by atoms with Crippen LogP contribution < -0.4 is 0 Å². The average molecular weight is 238 g/mol. The zero-order chi connectivity index (χ0) is 12.4. The highest BCUT2D eigenvalue weighted by atomic mass is 19.3. The van der Waals surface area contributed by atoms with E-state index in [4.69, 9.17) is 10.2 Å². The fourth-order valence-corrected chi connectivity index (χ4v) is 1.14. The molecule has 2 N–H and O–H groups in total. The Balaban J connectivity index is 3.00. The molecule has 0 unspecified atom stereocenters. The van der Waals surface area contributed by atoms with E-state index in [0.29, 0.717) is 0 Å². The van der Waals surface area contributed by atoms with Crippen LogP contribution in [0.2, 0.25) is 0 Å². The summed E-state index contributed by atoms with van der Waals surface area (Å²) in [7, 11) is 0. The van der Waals surface area contributed by atoms with Crippen molar-refractivity contribution in [3.63, 3.8) is 0 Å². The number of rotatable bonds is 4. The van der Waals surface area contributed by atoms with Gasteiger partial charge in [-0.05, 0) is 0 Å². The van der Waals surface area contributed by atoms with E-state index in [9.17, 15) is 17.6 Å². The first kappa shape index (κ1) is 12.9. The summed E-state index contributed by atoms with van der Waals surface area (Å²) in [5.41, 5.74) is -1.10. The van der Waals surface area contributed by atoms with Gasteiger partial charge >= 0.3 is 0 Å². The smallest absolute Gasteiger partial charge is 0.295 e. The summed E-state index contributed by atoms with van der Waals surface area (Å²) in [6, 6.07) is 3.20. The lowest BCUT2D eigenvalue weighted by molar-refractivity contribution is -0.0587. The van der Waals surface area contributed by atoms with E-state index in [-0.39, 0.29) is 0 Å². The van der Waals surface area contributed by atoms with Gasteiger partial charge in [0.05, 0.1) is 0 Å². The van der Waals surface area contributed by atoms with Crippen LogP contribution in [0.4, 0.5) is 17.6 Å². The molecular weight excluding hydrogens is 228 g/mol. The van der Waals surface area contributed by atoms with Crippen LogP contribution in [0.5, 0.6) is 0 Å². The number of aliphatic hydroxyl groups is 2. The normalized spacial score (nSPS) is 12.9. The second-order valence-electron chi connectivity index (χ2n) is 3.30. The number of halogens is 4. The van der Waals surface area contributed by atoms with Gasteiger partial charge in [-0.25, -0.2) is 0 Å². The lowest BCUT2D eigenvalue weighted by atomic mass is 10.0. The van der Waals surface area contributed by atoms with E-state index in [1.54, 1.807) is 0 Å². The Morgan fingerprint density at radius 2 is 1.00 bits per heavy atom. The second kappa shape index (κ2) is 4.39. The van der Waals surface area contributed by atoms with Crippen LogP contribution in [0.3, 0.4) is 0 Å². The first-order chi connectivity index (χ1) is 7.33. The van der Waals surface area contributed by atoms with Gasteiger partial charge in [-0.1, -0.05) is 24.3 Å². The summed E-state index contributed by atoms with van der Waals surface area (Å²) in [6.45, 7) is -2.77. The minimum absolute atomic E-state index is 0.549. The van der Waals surface area contributed by atoms with Crippen LogP contribution in [-0.2, 0) is 11.8 Å². The van der Waals surface area contributed by atoms with Gasteiger partial charge in [-0.2, -0.15) is 17.6 Å². The van der Waals surface area contributed by atoms with E-state index < -0.39 is 36.2 Å². The highest BCUT2D eigenvalue weighted by molar-refractivity contribution is 5.28. The molecule has 0 spiro atoms. The zero-order valence-electron chi connectivity index (χ0n) is 8.13. The molecule has 0 atom stereocenters. The molecule has 0 radical (unpaired) electrons. The Kier molecular flexibility index (Phi) is 3.54. The van der Waals surface area contributed by atoms with Crippen molar-refractivity contribution < 1.29 is 27.8 Å². The predicted molar refractivity (Wildman–Crippen MR) is 48.4 cm³/mol. The Hall–Kier alpha value is -1.14. The van der Waals surface area contributed by atoms with Crippen molar-refractivity contribution in [2.45, 2.75) is 11.8 Å². The van der Waals surface area contributed by atoms with Crippen LogP contribution in [0.15, 0.2) is 24.3 Å². The first-order valence-corrected chi connectivity index (χ1v) is 4.42. The highest BCUT2D eigenvalue weighted by Gasteiger charge is 2.33.